The number of carbonyl (C=O) groups is 1. The molecule has 0 bridgehead atoms. The molecule has 1 aliphatic rings. The van der Waals surface area contributed by atoms with Crippen molar-refractivity contribution in [2.75, 3.05) is 25.1 Å². The Morgan fingerprint density at radius 2 is 1.87 bits per heavy atom. The molecule has 0 aliphatic carbocycles. The van der Waals surface area contributed by atoms with Crippen LogP contribution >= 0.6 is 11.6 Å². The zero-order chi connectivity index (χ0) is 21.6. The lowest BCUT2D eigenvalue weighted by atomic mass is 10.0. The summed E-state index contributed by atoms with van der Waals surface area (Å²) < 4.78 is 10.5. The van der Waals surface area contributed by atoms with Crippen LogP contribution in [0.4, 0.5) is 5.69 Å². The number of methoxy groups -OCH3 is 1. The van der Waals surface area contributed by atoms with Gasteiger partial charge in [0.1, 0.15) is 5.75 Å². The first-order valence-corrected chi connectivity index (χ1v) is 10.8. The van der Waals surface area contributed by atoms with Crippen LogP contribution in [0.25, 0.3) is 11.4 Å². The second kappa shape index (κ2) is 9.83. The molecule has 162 valence electrons. The summed E-state index contributed by atoms with van der Waals surface area (Å²) in [4.78, 5) is 19.1. The number of benzene rings is 2. The Morgan fingerprint density at radius 1 is 1.16 bits per heavy atom. The fraction of sp³-hybridized carbons (Fsp3) is 0.348. The van der Waals surface area contributed by atoms with E-state index in [2.05, 4.69) is 32.5 Å². The Labute approximate surface area is 186 Å². The predicted octanol–water partition coefficient (Wildman–Crippen LogP) is 4.12. The number of rotatable bonds is 7. The van der Waals surface area contributed by atoms with Crippen LogP contribution in [0.2, 0.25) is 5.02 Å². The van der Waals surface area contributed by atoms with Gasteiger partial charge in [-0.2, -0.15) is 4.98 Å². The third-order valence-corrected chi connectivity index (χ3v) is 5.69. The van der Waals surface area contributed by atoms with Gasteiger partial charge in [0, 0.05) is 48.2 Å². The van der Waals surface area contributed by atoms with E-state index in [1.54, 1.807) is 19.2 Å². The molecule has 1 aromatic heterocycles. The second-order valence-corrected chi connectivity index (χ2v) is 7.98. The van der Waals surface area contributed by atoms with E-state index in [1.165, 1.54) is 5.69 Å². The van der Waals surface area contributed by atoms with E-state index in [-0.39, 0.29) is 11.9 Å². The van der Waals surface area contributed by atoms with E-state index in [0.717, 1.165) is 37.2 Å². The monoisotopic (exact) mass is 440 g/mol. The smallest absolute Gasteiger partial charge is 0.227 e. The lowest BCUT2D eigenvalue weighted by molar-refractivity contribution is -0.122. The number of amides is 1. The number of hydrogen-bond donors (Lipinski definition) is 1. The topological polar surface area (TPSA) is 80.5 Å². The van der Waals surface area contributed by atoms with Gasteiger partial charge in [-0.1, -0.05) is 16.8 Å². The molecule has 0 spiro atoms. The number of piperidine rings is 1. The second-order valence-electron chi connectivity index (χ2n) is 7.55. The average molecular weight is 441 g/mol. The molecule has 31 heavy (non-hydrogen) atoms. The van der Waals surface area contributed by atoms with Gasteiger partial charge in [0.25, 0.3) is 0 Å². The summed E-state index contributed by atoms with van der Waals surface area (Å²) in [5, 5.41) is 7.77. The van der Waals surface area contributed by atoms with Crippen LogP contribution in [0.3, 0.4) is 0 Å². The summed E-state index contributed by atoms with van der Waals surface area (Å²) in [6.45, 7) is 1.82. The summed E-state index contributed by atoms with van der Waals surface area (Å²) in [5.41, 5.74) is 2.01. The van der Waals surface area contributed by atoms with Crippen molar-refractivity contribution in [2.45, 2.75) is 31.7 Å². The zero-order valence-electron chi connectivity index (χ0n) is 17.4. The van der Waals surface area contributed by atoms with Crippen LogP contribution in [-0.2, 0) is 11.2 Å². The largest absolute Gasteiger partial charge is 0.497 e. The highest BCUT2D eigenvalue weighted by Crippen LogP contribution is 2.23. The van der Waals surface area contributed by atoms with Gasteiger partial charge in [-0.05, 0) is 61.4 Å². The molecule has 2 heterocycles. The minimum atomic E-state index is 0.00846. The van der Waals surface area contributed by atoms with Crippen molar-refractivity contribution in [3.63, 3.8) is 0 Å². The minimum absolute atomic E-state index is 0.00846. The zero-order valence-corrected chi connectivity index (χ0v) is 18.1. The van der Waals surface area contributed by atoms with Crippen molar-refractivity contribution in [1.82, 2.24) is 15.5 Å². The van der Waals surface area contributed by atoms with Gasteiger partial charge < -0.3 is 19.5 Å². The Kier molecular flexibility index (Phi) is 6.72. The molecule has 1 N–H and O–H groups in total. The lowest BCUT2D eigenvalue weighted by Crippen LogP contribution is -2.44. The van der Waals surface area contributed by atoms with Crippen LogP contribution in [0.15, 0.2) is 53.1 Å². The van der Waals surface area contributed by atoms with Gasteiger partial charge in [0.2, 0.25) is 17.6 Å². The number of aryl methyl sites for hydroxylation is 1. The van der Waals surface area contributed by atoms with Gasteiger partial charge in [-0.15, -0.1) is 0 Å². The van der Waals surface area contributed by atoms with E-state index < -0.39 is 0 Å². The van der Waals surface area contributed by atoms with Crippen molar-refractivity contribution in [3.8, 4) is 17.1 Å². The Morgan fingerprint density at radius 3 is 2.55 bits per heavy atom. The van der Waals surface area contributed by atoms with E-state index in [9.17, 15) is 4.79 Å². The SMILES string of the molecule is COc1ccc(N2CCC(NC(=O)CCc3nc(-c4ccc(Cl)cc4)no3)CC2)cc1. The van der Waals surface area contributed by atoms with Crippen molar-refractivity contribution < 1.29 is 14.1 Å². The summed E-state index contributed by atoms with van der Waals surface area (Å²) in [7, 11) is 1.67. The third-order valence-electron chi connectivity index (χ3n) is 5.43. The summed E-state index contributed by atoms with van der Waals surface area (Å²) in [6, 6.07) is 15.5. The van der Waals surface area contributed by atoms with E-state index in [1.807, 2.05) is 24.3 Å². The quantitative estimate of drug-likeness (QED) is 0.595. The first kappa shape index (κ1) is 21.2. The molecule has 0 unspecified atom stereocenters. The highest BCUT2D eigenvalue weighted by Gasteiger charge is 2.21. The molecule has 7 nitrogen and oxygen atoms in total. The molecular weight excluding hydrogens is 416 g/mol. The van der Waals surface area contributed by atoms with E-state index in [0.29, 0.717) is 29.6 Å². The maximum Gasteiger partial charge on any atom is 0.227 e. The van der Waals surface area contributed by atoms with E-state index >= 15 is 0 Å². The van der Waals surface area contributed by atoms with Gasteiger partial charge in [0.05, 0.1) is 7.11 Å². The molecule has 1 aliphatic heterocycles. The van der Waals surface area contributed by atoms with Crippen molar-refractivity contribution in [2.24, 2.45) is 0 Å². The molecule has 2 aromatic carbocycles. The van der Waals surface area contributed by atoms with Crippen molar-refractivity contribution in [3.05, 3.63) is 59.4 Å². The van der Waals surface area contributed by atoms with Crippen LogP contribution in [-0.4, -0.2) is 42.3 Å². The molecule has 1 amide bonds. The van der Waals surface area contributed by atoms with Crippen LogP contribution in [0, 0.1) is 0 Å². The number of nitrogens with one attached hydrogen (secondary N) is 1. The van der Waals surface area contributed by atoms with Crippen LogP contribution in [0.5, 0.6) is 5.75 Å². The number of hydrogen-bond acceptors (Lipinski definition) is 6. The molecule has 0 saturated carbocycles. The number of ether oxygens (including phenoxy) is 1. The lowest BCUT2D eigenvalue weighted by Gasteiger charge is -2.34. The van der Waals surface area contributed by atoms with Crippen LogP contribution in [0.1, 0.15) is 25.2 Å². The first-order valence-electron chi connectivity index (χ1n) is 10.4. The average Bonchev–Trinajstić information content (AvgIpc) is 3.28. The van der Waals surface area contributed by atoms with Gasteiger partial charge in [-0.25, -0.2) is 0 Å². The van der Waals surface area contributed by atoms with Gasteiger partial charge >= 0.3 is 0 Å². The van der Waals surface area contributed by atoms with Crippen molar-refractivity contribution in [1.29, 1.82) is 0 Å². The van der Waals surface area contributed by atoms with E-state index in [4.69, 9.17) is 20.9 Å². The molecule has 8 heteroatoms. The van der Waals surface area contributed by atoms with Gasteiger partial charge in [0.15, 0.2) is 0 Å². The maximum absolute atomic E-state index is 12.4. The predicted molar refractivity (Wildman–Crippen MR) is 119 cm³/mol. The molecular formula is C23H25ClN4O3. The normalized spacial score (nSPS) is 14.5. The molecule has 4 rings (SSSR count). The Bertz CT molecular complexity index is 996. The summed E-state index contributed by atoms with van der Waals surface area (Å²) in [6.07, 6.45) is 2.57. The fourth-order valence-electron chi connectivity index (χ4n) is 3.67. The highest BCUT2D eigenvalue weighted by molar-refractivity contribution is 6.30. The Hall–Kier alpha value is -3.06. The fourth-order valence-corrected chi connectivity index (χ4v) is 3.79. The minimum Gasteiger partial charge on any atom is -0.497 e. The molecule has 0 atom stereocenters. The first-order chi connectivity index (χ1) is 15.1. The molecule has 0 radical (unpaired) electrons. The molecule has 3 aromatic rings. The third kappa shape index (κ3) is 5.55. The number of aromatic nitrogens is 2. The van der Waals surface area contributed by atoms with Gasteiger partial charge in [-0.3, -0.25) is 4.79 Å². The Balaban J connectivity index is 1.21. The molecule has 1 fully saturated rings. The van der Waals surface area contributed by atoms with Crippen LogP contribution < -0.4 is 15.0 Å². The maximum atomic E-state index is 12.4. The number of carbonyl (C=O) groups excluding carboxylic acids is 1. The summed E-state index contributed by atoms with van der Waals surface area (Å²) >= 11 is 5.90. The molecule has 1 saturated heterocycles. The number of halogens is 1. The number of anilines is 1. The van der Waals surface area contributed by atoms with Crippen molar-refractivity contribution >= 4 is 23.2 Å². The summed E-state index contributed by atoms with van der Waals surface area (Å²) in [5.74, 6) is 1.81. The standard InChI is InChI=1S/C23H25ClN4O3/c1-30-20-8-6-19(7-9-20)28-14-12-18(13-15-28)25-21(29)10-11-22-26-23(27-31-22)16-2-4-17(24)5-3-16/h2-9,18H,10-15H2,1H3,(H,25,29). The number of nitrogens with zero attached hydrogens (tertiary/aromatic N) is 3. The highest BCUT2D eigenvalue weighted by atomic mass is 35.5.